The molecule has 0 radical (unpaired) electrons. The van der Waals surface area contributed by atoms with Crippen molar-refractivity contribution in [1.29, 1.82) is 0 Å². The second-order valence-corrected chi connectivity index (χ2v) is 11.7. The van der Waals surface area contributed by atoms with Crippen LogP contribution in [0.15, 0.2) is 24.5 Å². The Bertz CT molecular complexity index is 1130. The van der Waals surface area contributed by atoms with Gasteiger partial charge < -0.3 is 4.90 Å². The number of likely N-dealkylation sites (tertiary alicyclic amines) is 1. The largest absolute Gasteiger partial charge is 0.326 e. The summed E-state index contributed by atoms with van der Waals surface area (Å²) in [5.41, 5.74) is 3.11. The lowest BCUT2D eigenvalue weighted by Gasteiger charge is -2.29. The summed E-state index contributed by atoms with van der Waals surface area (Å²) in [5, 5.41) is 4.72. The summed E-state index contributed by atoms with van der Waals surface area (Å²) < 4.78 is 32.0. The molecule has 1 saturated heterocycles. The van der Waals surface area contributed by atoms with Crippen LogP contribution in [0.3, 0.4) is 0 Å². The van der Waals surface area contributed by atoms with Gasteiger partial charge in [0.2, 0.25) is 5.91 Å². The number of hydrogen-bond donors (Lipinski definition) is 1. The Labute approximate surface area is 208 Å². The summed E-state index contributed by atoms with van der Waals surface area (Å²) in [6, 6.07) is 3.85. The number of rotatable bonds is 9. The molecule has 1 N–H and O–H groups in total. The van der Waals surface area contributed by atoms with Gasteiger partial charge in [-0.2, -0.15) is 13.5 Å². The molecule has 0 unspecified atom stereocenters. The van der Waals surface area contributed by atoms with Gasteiger partial charge in [0.05, 0.1) is 24.8 Å². The van der Waals surface area contributed by atoms with Crippen molar-refractivity contribution in [3.8, 4) is 0 Å². The summed E-state index contributed by atoms with van der Waals surface area (Å²) >= 11 is 6.49. The summed E-state index contributed by atoms with van der Waals surface area (Å²) in [6.07, 6.45) is 4.99. The van der Waals surface area contributed by atoms with E-state index in [0.29, 0.717) is 10.7 Å². The average Bonchev–Trinajstić information content (AvgIpc) is 3.32. The number of halogens is 1. The SMILES string of the molecule is CC(C)c1ccc(Cl)c(C(C)C)c1CC(=O)NS(=O)(=O)N(C[C@@H]1CCCN1C)c1cnn(C)c1. The van der Waals surface area contributed by atoms with Crippen LogP contribution in [0.4, 0.5) is 5.69 Å². The second kappa shape index (κ2) is 10.7. The lowest BCUT2D eigenvalue weighted by atomic mass is 9.87. The molecule has 34 heavy (non-hydrogen) atoms. The van der Waals surface area contributed by atoms with E-state index in [2.05, 4.69) is 14.7 Å². The number of nitrogens with zero attached hydrogens (tertiary/aromatic N) is 4. The minimum Gasteiger partial charge on any atom is -0.302 e. The Balaban J connectivity index is 1.89. The van der Waals surface area contributed by atoms with Crippen LogP contribution in [0.5, 0.6) is 0 Å². The van der Waals surface area contributed by atoms with Gasteiger partial charge in [-0.15, -0.1) is 0 Å². The molecule has 2 aromatic rings. The molecule has 3 rings (SSSR count). The number of aryl methyl sites for hydroxylation is 1. The molecule has 10 heteroatoms. The topological polar surface area (TPSA) is 87.5 Å². The zero-order chi connectivity index (χ0) is 25.2. The summed E-state index contributed by atoms with van der Waals surface area (Å²) in [5.74, 6) is -0.325. The van der Waals surface area contributed by atoms with E-state index in [9.17, 15) is 13.2 Å². The smallest absolute Gasteiger partial charge is 0.302 e. The van der Waals surface area contributed by atoms with Crippen molar-refractivity contribution < 1.29 is 13.2 Å². The van der Waals surface area contributed by atoms with Crippen LogP contribution >= 0.6 is 11.6 Å². The van der Waals surface area contributed by atoms with Crippen molar-refractivity contribution in [1.82, 2.24) is 19.4 Å². The van der Waals surface area contributed by atoms with Crippen LogP contribution in [-0.4, -0.2) is 55.2 Å². The van der Waals surface area contributed by atoms with Crippen LogP contribution in [0.1, 0.15) is 69.1 Å². The van der Waals surface area contributed by atoms with Crippen molar-refractivity contribution in [2.24, 2.45) is 7.05 Å². The molecule has 1 aromatic carbocycles. The maximum absolute atomic E-state index is 13.5. The predicted molar refractivity (Wildman–Crippen MR) is 137 cm³/mol. The second-order valence-electron chi connectivity index (χ2n) is 9.73. The first-order valence-corrected chi connectivity index (χ1v) is 13.6. The van der Waals surface area contributed by atoms with Gasteiger partial charge in [-0.1, -0.05) is 45.4 Å². The Morgan fingerprint density at radius 1 is 1.24 bits per heavy atom. The van der Waals surface area contributed by atoms with Crippen molar-refractivity contribution in [2.75, 3.05) is 24.4 Å². The standard InChI is InChI=1S/C24H36ClN5O3S/c1-16(2)20-9-10-22(25)24(17(3)4)21(20)12-23(31)27-34(32,33)30(19-13-26-29(6)14-19)15-18-8-7-11-28(18)5/h9-10,13-14,16-18H,7-8,11-12,15H2,1-6H3,(H,27,31)/t18-/m0/s1. The van der Waals surface area contributed by atoms with Gasteiger partial charge in [-0.25, -0.2) is 9.03 Å². The molecule has 8 nitrogen and oxygen atoms in total. The van der Waals surface area contributed by atoms with Gasteiger partial charge in [0, 0.05) is 24.3 Å². The van der Waals surface area contributed by atoms with Crippen LogP contribution in [-0.2, 0) is 28.5 Å². The van der Waals surface area contributed by atoms with Gasteiger partial charge in [0.15, 0.2) is 0 Å². The van der Waals surface area contributed by atoms with E-state index in [1.165, 1.54) is 10.5 Å². The number of anilines is 1. The van der Waals surface area contributed by atoms with Gasteiger partial charge >= 0.3 is 10.2 Å². The highest BCUT2D eigenvalue weighted by molar-refractivity contribution is 7.91. The summed E-state index contributed by atoms with van der Waals surface area (Å²) in [7, 11) is -0.427. The van der Waals surface area contributed by atoms with Gasteiger partial charge in [0.25, 0.3) is 0 Å². The zero-order valence-electron chi connectivity index (χ0n) is 20.9. The molecule has 1 aliphatic rings. The first-order chi connectivity index (χ1) is 15.9. The van der Waals surface area contributed by atoms with E-state index in [1.54, 1.807) is 17.9 Å². The molecule has 0 spiro atoms. The minimum atomic E-state index is -4.15. The highest BCUT2D eigenvalue weighted by atomic mass is 35.5. The zero-order valence-corrected chi connectivity index (χ0v) is 22.4. The molecule has 1 atom stereocenters. The number of carbonyl (C=O) groups is 1. The molecule has 188 valence electrons. The first kappa shape index (κ1) is 26.5. The molecule has 1 amide bonds. The highest BCUT2D eigenvalue weighted by Crippen LogP contribution is 2.34. The number of likely N-dealkylation sites (N-methyl/N-ethyl adjacent to an activating group) is 1. The third-order valence-electron chi connectivity index (χ3n) is 6.44. The first-order valence-electron chi connectivity index (χ1n) is 11.7. The Hall–Kier alpha value is -2.10. The fraction of sp³-hybridized carbons (Fsp3) is 0.583. The van der Waals surface area contributed by atoms with Gasteiger partial charge in [0.1, 0.15) is 0 Å². The molecule has 0 aliphatic carbocycles. The monoisotopic (exact) mass is 509 g/mol. The van der Waals surface area contributed by atoms with E-state index in [-0.39, 0.29) is 30.8 Å². The van der Waals surface area contributed by atoms with Crippen LogP contribution < -0.4 is 9.03 Å². The predicted octanol–water partition coefficient (Wildman–Crippen LogP) is 3.82. The number of aromatic nitrogens is 2. The van der Waals surface area contributed by atoms with Gasteiger partial charge in [-0.3, -0.25) is 9.48 Å². The summed E-state index contributed by atoms with van der Waals surface area (Å²) in [4.78, 5) is 15.3. The van der Waals surface area contributed by atoms with Crippen molar-refractivity contribution in [3.05, 3.63) is 46.2 Å². The van der Waals surface area contributed by atoms with Gasteiger partial charge in [-0.05, 0) is 61.0 Å². The van der Waals surface area contributed by atoms with Crippen LogP contribution in [0.2, 0.25) is 5.02 Å². The Morgan fingerprint density at radius 2 is 1.94 bits per heavy atom. The fourth-order valence-corrected chi connectivity index (χ4v) is 6.30. The minimum absolute atomic E-state index is 0.0645. The lowest BCUT2D eigenvalue weighted by Crippen LogP contribution is -2.48. The lowest BCUT2D eigenvalue weighted by molar-refractivity contribution is -0.118. The molecule has 1 aromatic heterocycles. The maximum Gasteiger partial charge on any atom is 0.326 e. The number of amides is 1. The number of hydrogen-bond acceptors (Lipinski definition) is 5. The average molecular weight is 510 g/mol. The van der Waals surface area contributed by atoms with Crippen LogP contribution in [0.25, 0.3) is 0 Å². The van der Waals surface area contributed by atoms with Crippen molar-refractivity contribution >= 4 is 33.4 Å². The van der Waals surface area contributed by atoms with Crippen molar-refractivity contribution in [3.63, 3.8) is 0 Å². The highest BCUT2D eigenvalue weighted by Gasteiger charge is 2.32. The fourth-order valence-electron chi connectivity index (χ4n) is 4.69. The maximum atomic E-state index is 13.5. The molecule has 1 fully saturated rings. The number of benzene rings is 1. The molecular formula is C24H36ClN5O3S. The quantitative estimate of drug-likeness (QED) is 0.555. The molecule has 0 bridgehead atoms. The van der Waals surface area contributed by atoms with E-state index in [1.807, 2.05) is 46.9 Å². The normalized spacial score (nSPS) is 17.0. The third-order valence-corrected chi connectivity index (χ3v) is 8.19. The third kappa shape index (κ3) is 5.93. The van der Waals surface area contributed by atoms with E-state index in [0.717, 1.165) is 36.1 Å². The Morgan fingerprint density at radius 3 is 2.47 bits per heavy atom. The van der Waals surface area contributed by atoms with E-state index in [4.69, 9.17) is 11.6 Å². The van der Waals surface area contributed by atoms with Crippen molar-refractivity contribution in [2.45, 2.75) is 64.8 Å². The van der Waals surface area contributed by atoms with E-state index < -0.39 is 16.1 Å². The van der Waals surface area contributed by atoms with Crippen LogP contribution in [0, 0.1) is 0 Å². The molecular weight excluding hydrogens is 474 g/mol. The molecule has 1 aliphatic heterocycles. The number of nitrogens with one attached hydrogen (secondary N) is 1. The number of carbonyl (C=O) groups excluding carboxylic acids is 1. The molecule has 2 heterocycles. The van der Waals surface area contributed by atoms with E-state index >= 15 is 0 Å². The summed E-state index contributed by atoms with van der Waals surface area (Å²) in [6.45, 7) is 9.30. The Kier molecular flexibility index (Phi) is 8.31. The molecule has 0 saturated carbocycles.